The van der Waals surface area contributed by atoms with E-state index in [1.807, 2.05) is 7.05 Å². The minimum absolute atomic E-state index is 0. The van der Waals surface area contributed by atoms with Gasteiger partial charge in [0.2, 0.25) is 5.91 Å². The van der Waals surface area contributed by atoms with Crippen molar-refractivity contribution >= 4 is 5.91 Å². The molecule has 1 fully saturated rings. The number of hydrogen-bond donors (Lipinski definition) is 1. The Morgan fingerprint density at radius 2 is 2.36 bits per heavy atom. The first-order chi connectivity index (χ1) is 5.09. The predicted molar refractivity (Wildman–Crippen MR) is 46.4 cm³/mol. The second kappa shape index (κ2) is 3.22. The highest BCUT2D eigenvalue weighted by Gasteiger charge is 2.23. The molecule has 1 atom stereocenters. The molecule has 0 bridgehead atoms. The summed E-state index contributed by atoms with van der Waals surface area (Å²) in [6.07, 6.45) is 0. The molecule has 1 heterocycles. The molecule has 1 rings (SSSR count). The van der Waals surface area contributed by atoms with Gasteiger partial charge in [0.15, 0.2) is 0 Å². The Morgan fingerprint density at radius 1 is 1.73 bits per heavy atom. The zero-order valence-electron chi connectivity index (χ0n) is 7.42. The Bertz CT molecular complexity index is 161. The van der Waals surface area contributed by atoms with E-state index in [1.165, 1.54) is 0 Å². The van der Waals surface area contributed by atoms with Crippen molar-refractivity contribution in [3.63, 3.8) is 0 Å². The Labute approximate surface area is 69.2 Å². The average molecular weight is 158 g/mol. The molecule has 0 saturated carbocycles. The van der Waals surface area contributed by atoms with E-state index < -0.39 is 0 Å². The highest BCUT2D eigenvalue weighted by Crippen LogP contribution is 2.06. The average Bonchev–Trinajstić information content (AvgIpc) is 1.85. The molecule has 0 aliphatic carbocycles. The van der Waals surface area contributed by atoms with E-state index >= 15 is 0 Å². The SMILES string of the molecule is CC(C)C1CN(C)CC(=O)N1.[HH]. The molecule has 11 heavy (non-hydrogen) atoms. The van der Waals surface area contributed by atoms with Crippen LogP contribution in [0.4, 0.5) is 0 Å². The van der Waals surface area contributed by atoms with Crippen LogP contribution >= 0.6 is 0 Å². The largest absolute Gasteiger partial charge is 0.351 e. The lowest BCUT2D eigenvalue weighted by Gasteiger charge is -2.32. The van der Waals surface area contributed by atoms with Crippen molar-refractivity contribution in [1.29, 1.82) is 0 Å². The van der Waals surface area contributed by atoms with Crippen molar-refractivity contribution in [3.05, 3.63) is 0 Å². The summed E-state index contributed by atoms with van der Waals surface area (Å²) in [5, 5.41) is 2.97. The number of amides is 1. The number of hydrogen-bond acceptors (Lipinski definition) is 2. The van der Waals surface area contributed by atoms with Gasteiger partial charge in [0.25, 0.3) is 0 Å². The number of carbonyl (C=O) groups excluding carboxylic acids is 1. The molecule has 1 saturated heterocycles. The van der Waals surface area contributed by atoms with Crippen molar-refractivity contribution in [2.45, 2.75) is 19.9 Å². The van der Waals surface area contributed by atoms with Crippen molar-refractivity contribution in [2.24, 2.45) is 5.92 Å². The van der Waals surface area contributed by atoms with Gasteiger partial charge in [-0.15, -0.1) is 0 Å². The van der Waals surface area contributed by atoms with E-state index in [-0.39, 0.29) is 7.33 Å². The summed E-state index contributed by atoms with van der Waals surface area (Å²) in [6, 6.07) is 0.334. The molecule has 0 aromatic carbocycles. The second-order valence-electron chi connectivity index (χ2n) is 3.61. The first kappa shape index (κ1) is 8.53. The molecule has 1 aliphatic rings. The Balaban J connectivity index is 0.00000121. The molecule has 0 aromatic heterocycles. The molecule has 0 radical (unpaired) electrons. The fourth-order valence-corrected chi connectivity index (χ4v) is 1.32. The fourth-order valence-electron chi connectivity index (χ4n) is 1.32. The summed E-state index contributed by atoms with van der Waals surface area (Å²) in [5.74, 6) is 0.680. The standard InChI is InChI=1S/C8H16N2O.H2/c1-6(2)7-4-10(3)5-8(11)9-7;/h6-7H,4-5H2,1-3H3,(H,9,11);1H. The lowest BCUT2D eigenvalue weighted by Crippen LogP contribution is -2.54. The van der Waals surface area contributed by atoms with Gasteiger partial charge in [-0.25, -0.2) is 0 Å². The number of rotatable bonds is 1. The maximum absolute atomic E-state index is 11.0. The van der Waals surface area contributed by atoms with Crippen LogP contribution < -0.4 is 5.32 Å². The zero-order valence-corrected chi connectivity index (χ0v) is 7.42. The topological polar surface area (TPSA) is 32.3 Å². The minimum atomic E-state index is 0. The van der Waals surface area contributed by atoms with E-state index in [0.29, 0.717) is 18.5 Å². The number of nitrogens with zero attached hydrogens (tertiary/aromatic N) is 1. The molecule has 3 nitrogen and oxygen atoms in total. The van der Waals surface area contributed by atoms with Crippen LogP contribution in [0.5, 0.6) is 0 Å². The van der Waals surface area contributed by atoms with Crippen molar-refractivity contribution in [2.75, 3.05) is 20.1 Å². The first-order valence-electron chi connectivity index (χ1n) is 4.07. The van der Waals surface area contributed by atoms with E-state index in [1.54, 1.807) is 0 Å². The lowest BCUT2D eigenvalue weighted by molar-refractivity contribution is -0.125. The van der Waals surface area contributed by atoms with Gasteiger partial charge < -0.3 is 5.32 Å². The molecule has 1 amide bonds. The van der Waals surface area contributed by atoms with Crippen molar-refractivity contribution < 1.29 is 6.22 Å². The van der Waals surface area contributed by atoms with Crippen LogP contribution in [0, 0.1) is 5.92 Å². The van der Waals surface area contributed by atoms with Gasteiger partial charge >= 0.3 is 0 Å². The van der Waals surface area contributed by atoms with Crippen LogP contribution in [0.3, 0.4) is 0 Å². The summed E-state index contributed by atoms with van der Waals surface area (Å²) in [7, 11) is 1.98. The zero-order chi connectivity index (χ0) is 8.43. The molecule has 0 spiro atoms. The summed E-state index contributed by atoms with van der Waals surface area (Å²) in [4.78, 5) is 13.1. The Hall–Kier alpha value is -0.570. The van der Waals surface area contributed by atoms with Gasteiger partial charge in [-0.05, 0) is 13.0 Å². The summed E-state index contributed by atoms with van der Waals surface area (Å²) in [6.45, 7) is 5.78. The summed E-state index contributed by atoms with van der Waals surface area (Å²) < 4.78 is 0. The predicted octanol–water partition coefficient (Wildman–Crippen LogP) is 0.319. The highest BCUT2D eigenvalue weighted by atomic mass is 16.2. The number of carbonyl (C=O) groups is 1. The van der Waals surface area contributed by atoms with Crippen molar-refractivity contribution in [3.8, 4) is 0 Å². The van der Waals surface area contributed by atoms with Crippen LogP contribution in [-0.4, -0.2) is 37.0 Å². The van der Waals surface area contributed by atoms with Crippen LogP contribution in [0.1, 0.15) is 15.3 Å². The minimum Gasteiger partial charge on any atom is -0.351 e. The normalized spacial score (nSPS) is 27.3. The van der Waals surface area contributed by atoms with E-state index in [2.05, 4.69) is 24.1 Å². The Kier molecular flexibility index (Phi) is 2.49. The Morgan fingerprint density at radius 3 is 2.82 bits per heavy atom. The van der Waals surface area contributed by atoms with Crippen LogP contribution in [0.15, 0.2) is 0 Å². The molecule has 1 aliphatic heterocycles. The van der Waals surface area contributed by atoms with E-state index in [9.17, 15) is 4.79 Å². The maximum atomic E-state index is 11.0. The fraction of sp³-hybridized carbons (Fsp3) is 0.875. The second-order valence-corrected chi connectivity index (χ2v) is 3.61. The van der Waals surface area contributed by atoms with Crippen LogP contribution in [-0.2, 0) is 4.79 Å². The lowest BCUT2D eigenvalue weighted by atomic mass is 10.0. The van der Waals surface area contributed by atoms with Crippen LogP contribution in [0.2, 0.25) is 0 Å². The third kappa shape index (κ3) is 2.19. The molecular formula is C8H18N2O. The van der Waals surface area contributed by atoms with Gasteiger partial charge in [0.05, 0.1) is 6.54 Å². The number of piperazine rings is 1. The summed E-state index contributed by atoms with van der Waals surface area (Å²) >= 11 is 0. The monoisotopic (exact) mass is 158 g/mol. The third-order valence-corrected chi connectivity index (χ3v) is 2.07. The molecule has 0 aromatic rings. The van der Waals surface area contributed by atoms with Gasteiger partial charge in [0.1, 0.15) is 0 Å². The third-order valence-electron chi connectivity index (χ3n) is 2.07. The van der Waals surface area contributed by atoms with Gasteiger partial charge in [-0.2, -0.15) is 0 Å². The van der Waals surface area contributed by atoms with Crippen molar-refractivity contribution in [1.82, 2.24) is 10.2 Å². The highest BCUT2D eigenvalue weighted by molar-refractivity contribution is 5.79. The number of nitrogens with one attached hydrogen (secondary N) is 1. The summed E-state index contributed by atoms with van der Waals surface area (Å²) in [5.41, 5.74) is 0. The van der Waals surface area contributed by atoms with Crippen LogP contribution in [0.25, 0.3) is 0 Å². The quantitative estimate of drug-likeness (QED) is 0.596. The maximum Gasteiger partial charge on any atom is 0.234 e. The van der Waals surface area contributed by atoms with E-state index in [4.69, 9.17) is 0 Å². The molecule has 3 heteroatoms. The molecule has 1 N–H and O–H groups in total. The van der Waals surface area contributed by atoms with Gasteiger partial charge in [0, 0.05) is 14.0 Å². The smallest absolute Gasteiger partial charge is 0.234 e. The van der Waals surface area contributed by atoms with Gasteiger partial charge in [-0.1, -0.05) is 13.8 Å². The molecule has 66 valence electrons. The molecule has 1 unspecified atom stereocenters. The number of likely N-dealkylation sites (N-methyl/N-ethyl adjacent to an activating group) is 1. The van der Waals surface area contributed by atoms with E-state index in [0.717, 1.165) is 6.54 Å². The first-order valence-corrected chi connectivity index (χ1v) is 4.07. The molecular weight excluding hydrogens is 140 g/mol. The van der Waals surface area contributed by atoms with Gasteiger partial charge in [-0.3, -0.25) is 9.69 Å².